The molecule has 1 atom stereocenters. The van der Waals surface area contributed by atoms with Gasteiger partial charge in [-0.25, -0.2) is 0 Å². The van der Waals surface area contributed by atoms with Gasteiger partial charge in [0, 0.05) is 33.0 Å². The summed E-state index contributed by atoms with van der Waals surface area (Å²) in [5.41, 5.74) is 1.83. The van der Waals surface area contributed by atoms with Crippen LogP contribution in [0.25, 0.3) is 0 Å². The number of amides is 2. The van der Waals surface area contributed by atoms with Crippen LogP contribution in [0.4, 0.5) is 5.69 Å². The lowest BCUT2D eigenvalue weighted by Gasteiger charge is -2.25. The Labute approximate surface area is 193 Å². The maximum absolute atomic E-state index is 12.3. The van der Waals surface area contributed by atoms with Crippen LogP contribution in [0.2, 0.25) is 10.0 Å². The molecule has 3 rings (SSSR count). The second-order valence-electron chi connectivity index (χ2n) is 6.43. The molecule has 0 unspecified atom stereocenters. The number of halogens is 2. The van der Waals surface area contributed by atoms with Gasteiger partial charge in [-0.1, -0.05) is 47.1 Å². The minimum Gasteiger partial charge on any atom is -0.325 e. The van der Waals surface area contributed by atoms with Gasteiger partial charge in [-0.2, -0.15) is 5.26 Å². The van der Waals surface area contributed by atoms with Gasteiger partial charge in [0.1, 0.15) is 0 Å². The van der Waals surface area contributed by atoms with Crippen LogP contribution in [0.5, 0.6) is 0 Å². The van der Waals surface area contributed by atoms with Crippen molar-refractivity contribution >= 4 is 64.2 Å². The number of carbonyl (C=O) groups excluding carboxylic acids is 2. The molecule has 5 nitrogen and oxygen atoms in total. The fourth-order valence-electron chi connectivity index (χ4n) is 3.01. The maximum atomic E-state index is 12.3. The summed E-state index contributed by atoms with van der Waals surface area (Å²) in [7, 11) is 0. The van der Waals surface area contributed by atoms with Crippen LogP contribution in [0.3, 0.4) is 0 Å². The van der Waals surface area contributed by atoms with Crippen LogP contribution in [0.15, 0.2) is 58.0 Å². The summed E-state index contributed by atoms with van der Waals surface area (Å²) in [5, 5.41) is 16.4. The third-order valence-corrected chi connectivity index (χ3v) is 6.57. The smallest absolute Gasteiger partial charge is 0.234 e. The third-order valence-electron chi connectivity index (χ3n) is 4.37. The van der Waals surface area contributed by atoms with Crippen LogP contribution < -0.4 is 10.6 Å². The topological polar surface area (TPSA) is 82.0 Å². The SMILES string of the molecule is CSc1ccc([C@@H]2CC(=O)NC(SCC(=O)Nc3cc(Cl)cc(Cl)c3)=C2C#N)cc1. The first-order chi connectivity index (χ1) is 14.4. The van der Waals surface area contributed by atoms with Gasteiger partial charge in [0.15, 0.2) is 0 Å². The van der Waals surface area contributed by atoms with E-state index < -0.39 is 0 Å². The van der Waals surface area contributed by atoms with Crippen molar-refractivity contribution < 1.29 is 9.59 Å². The van der Waals surface area contributed by atoms with E-state index in [1.807, 2.05) is 30.5 Å². The molecule has 9 heteroatoms. The van der Waals surface area contributed by atoms with E-state index in [0.717, 1.165) is 22.2 Å². The molecule has 0 radical (unpaired) electrons. The van der Waals surface area contributed by atoms with E-state index in [4.69, 9.17) is 23.2 Å². The Morgan fingerprint density at radius 3 is 2.50 bits per heavy atom. The number of carbonyl (C=O) groups is 2. The monoisotopic (exact) mass is 477 g/mol. The quantitative estimate of drug-likeness (QED) is 0.542. The van der Waals surface area contributed by atoms with Crippen molar-refractivity contribution in [3.05, 3.63) is 68.7 Å². The molecule has 30 heavy (non-hydrogen) atoms. The fourth-order valence-corrected chi connectivity index (χ4v) is 4.83. The molecule has 2 aromatic rings. The Hall–Kier alpha value is -2.11. The zero-order valence-corrected chi connectivity index (χ0v) is 19.0. The molecule has 1 heterocycles. The normalized spacial score (nSPS) is 16.1. The number of rotatable bonds is 6. The van der Waals surface area contributed by atoms with Crippen molar-refractivity contribution in [2.75, 3.05) is 17.3 Å². The van der Waals surface area contributed by atoms with Gasteiger partial charge < -0.3 is 10.6 Å². The van der Waals surface area contributed by atoms with Crippen molar-refractivity contribution in [1.82, 2.24) is 5.32 Å². The van der Waals surface area contributed by atoms with Crippen molar-refractivity contribution in [2.45, 2.75) is 17.2 Å². The predicted molar refractivity (Wildman–Crippen MR) is 124 cm³/mol. The fraction of sp³-hybridized carbons (Fsp3) is 0.190. The summed E-state index contributed by atoms with van der Waals surface area (Å²) in [5.74, 6) is -0.804. The maximum Gasteiger partial charge on any atom is 0.234 e. The molecule has 2 N–H and O–H groups in total. The van der Waals surface area contributed by atoms with Gasteiger partial charge in [-0.3, -0.25) is 9.59 Å². The van der Waals surface area contributed by atoms with Gasteiger partial charge in [-0.05, 0) is 42.2 Å². The second kappa shape index (κ2) is 10.3. The number of hydrogen-bond donors (Lipinski definition) is 2. The van der Waals surface area contributed by atoms with Gasteiger partial charge in [0.2, 0.25) is 11.8 Å². The Bertz CT molecular complexity index is 1030. The van der Waals surface area contributed by atoms with Gasteiger partial charge in [0.05, 0.1) is 22.4 Å². The largest absolute Gasteiger partial charge is 0.325 e. The summed E-state index contributed by atoms with van der Waals surface area (Å²) in [4.78, 5) is 25.7. The molecule has 0 aliphatic carbocycles. The molecule has 0 saturated carbocycles. The Kier molecular flexibility index (Phi) is 7.73. The van der Waals surface area contributed by atoms with E-state index in [0.29, 0.717) is 26.3 Å². The van der Waals surface area contributed by atoms with Crippen LogP contribution >= 0.6 is 46.7 Å². The summed E-state index contributed by atoms with van der Waals surface area (Å²) >= 11 is 14.6. The van der Waals surface area contributed by atoms with Crippen LogP contribution in [0.1, 0.15) is 17.9 Å². The summed E-state index contributed by atoms with van der Waals surface area (Å²) in [6.07, 6.45) is 2.18. The van der Waals surface area contributed by atoms with Gasteiger partial charge in [0.25, 0.3) is 0 Å². The molecule has 0 spiro atoms. The number of nitrogens with one attached hydrogen (secondary N) is 2. The van der Waals surface area contributed by atoms with E-state index in [1.54, 1.807) is 30.0 Å². The first kappa shape index (κ1) is 22.6. The zero-order valence-electron chi connectivity index (χ0n) is 15.9. The number of hydrogen-bond acceptors (Lipinski definition) is 5. The lowest BCUT2D eigenvalue weighted by molar-refractivity contribution is -0.121. The molecular formula is C21H17Cl2N3O2S2. The lowest BCUT2D eigenvalue weighted by Crippen LogP contribution is -2.31. The average Bonchev–Trinajstić information content (AvgIpc) is 2.71. The minimum atomic E-state index is -0.336. The Morgan fingerprint density at radius 2 is 1.90 bits per heavy atom. The van der Waals surface area contributed by atoms with Crippen molar-refractivity contribution in [2.24, 2.45) is 0 Å². The van der Waals surface area contributed by atoms with E-state index in [-0.39, 0.29) is 29.9 Å². The Balaban J connectivity index is 1.75. The number of allylic oxidation sites excluding steroid dienone is 1. The Morgan fingerprint density at radius 1 is 1.23 bits per heavy atom. The average molecular weight is 478 g/mol. The first-order valence-electron chi connectivity index (χ1n) is 8.86. The molecule has 0 aromatic heterocycles. The molecule has 1 aliphatic rings. The molecule has 1 aliphatic heterocycles. The third kappa shape index (κ3) is 5.73. The highest BCUT2D eigenvalue weighted by molar-refractivity contribution is 8.03. The van der Waals surface area contributed by atoms with E-state index in [1.165, 1.54) is 0 Å². The van der Waals surface area contributed by atoms with E-state index >= 15 is 0 Å². The van der Waals surface area contributed by atoms with E-state index in [2.05, 4.69) is 16.7 Å². The molecule has 2 aromatic carbocycles. The second-order valence-corrected chi connectivity index (χ2v) is 9.17. The van der Waals surface area contributed by atoms with Crippen LogP contribution in [0, 0.1) is 11.3 Å². The zero-order chi connectivity index (χ0) is 21.7. The predicted octanol–water partition coefficient (Wildman–Crippen LogP) is 5.43. The molecule has 0 saturated heterocycles. The van der Waals surface area contributed by atoms with Crippen molar-refractivity contribution in [3.8, 4) is 6.07 Å². The number of anilines is 1. The first-order valence-corrected chi connectivity index (χ1v) is 11.8. The lowest BCUT2D eigenvalue weighted by atomic mass is 9.87. The van der Waals surface area contributed by atoms with Gasteiger partial charge >= 0.3 is 0 Å². The highest BCUT2D eigenvalue weighted by Gasteiger charge is 2.29. The summed E-state index contributed by atoms with van der Waals surface area (Å²) < 4.78 is 0. The summed E-state index contributed by atoms with van der Waals surface area (Å²) in [6.45, 7) is 0. The van der Waals surface area contributed by atoms with Gasteiger partial charge in [-0.15, -0.1) is 11.8 Å². The molecule has 0 fully saturated rings. The highest BCUT2D eigenvalue weighted by Crippen LogP contribution is 2.36. The highest BCUT2D eigenvalue weighted by atomic mass is 35.5. The minimum absolute atomic E-state index is 0.0169. The van der Waals surface area contributed by atoms with E-state index in [9.17, 15) is 14.9 Å². The standard InChI is InChI=1S/C21H17Cl2N3O2S2/c1-29-16-4-2-12(3-5-16)17-9-19(27)26-21(18(17)10-24)30-11-20(28)25-15-7-13(22)6-14(23)8-15/h2-8,17H,9,11H2,1H3,(H,25,28)(H,26,27)/t17-/m0/s1. The molecule has 0 bridgehead atoms. The van der Waals surface area contributed by atoms with Crippen LogP contribution in [-0.4, -0.2) is 23.8 Å². The number of nitrogens with zero attached hydrogens (tertiary/aromatic N) is 1. The molecular weight excluding hydrogens is 461 g/mol. The summed E-state index contributed by atoms with van der Waals surface area (Å²) in [6, 6.07) is 14.8. The number of nitriles is 1. The molecule has 2 amide bonds. The molecule has 154 valence electrons. The van der Waals surface area contributed by atoms with Crippen molar-refractivity contribution in [3.63, 3.8) is 0 Å². The number of thioether (sulfide) groups is 2. The van der Waals surface area contributed by atoms with Crippen molar-refractivity contribution in [1.29, 1.82) is 5.26 Å². The van der Waals surface area contributed by atoms with Crippen LogP contribution in [-0.2, 0) is 9.59 Å². The number of benzene rings is 2.